The van der Waals surface area contributed by atoms with Crippen molar-refractivity contribution in [2.24, 2.45) is 0 Å². The van der Waals surface area contributed by atoms with Gasteiger partial charge in [-0.1, -0.05) is 39.7 Å². The summed E-state index contributed by atoms with van der Waals surface area (Å²) in [6.07, 6.45) is 0. The molecule has 21 heavy (non-hydrogen) atoms. The Balaban J connectivity index is 1.99. The normalized spacial score (nSPS) is 9.76. The summed E-state index contributed by atoms with van der Waals surface area (Å²) in [6, 6.07) is 14.0. The van der Waals surface area contributed by atoms with Gasteiger partial charge in [0, 0.05) is 10.2 Å². The lowest BCUT2D eigenvalue weighted by Gasteiger charge is -2.09. The molecule has 0 radical (unpaired) electrons. The van der Waals surface area contributed by atoms with E-state index in [1.54, 1.807) is 30.3 Å². The highest BCUT2D eigenvalue weighted by Gasteiger charge is 2.10. The van der Waals surface area contributed by atoms with Crippen LogP contribution in [0.1, 0.15) is 5.56 Å². The Morgan fingerprint density at radius 1 is 1.33 bits per heavy atom. The van der Waals surface area contributed by atoms with Gasteiger partial charge in [0.25, 0.3) is 5.91 Å². The van der Waals surface area contributed by atoms with Crippen molar-refractivity contribution < 1.29 is 9.53 Å². The highest BCUT2D eigenvalue weighted by molar-refractivity contribution is 9.10. The molecule has 0 saturated heterocycles. The maximum atomic E-state index is 11.8. The van der Waals surface area contributed by atoms with Gasteiger partial charge in [0.1, 0.15) is 17.4 Å². The third-order valence-electron chi connectivity index (χ3n) is 2.55. The van der Waals surface area contributed by atoms with E-state index in [2.05, 4.69) is 21.2 Å². The Morgan fingerprint density at radius 3 is 2.81 bits per heavy atom. The molecule has 1 amide bonds. The van der Waals surface area contributed by atoms with Crippen LogP contribution in [0.4, 0.5) is 5.69 Å². The monoisotopic (exact) mass is 364 g/mol. The molecule has 0 fully saturated rings. The van der Waals surface area contributed by atoms with Crippen molar-refractivity contribution in [1.82, 2.24) is 0 Å². The predicted octanol–water partition coefficient (Wildman–Crippen LogP) is 3.99. The Morgan fingerprint density at radius 2 is 2.10 bits per heavy atom. The number of rotatable bonds is 4. The molecule has 0 saturated carbocycles. The van der Waals surface area contributed by atoms with E-state index in [4.69, 9.17) is 21.6 Å². The van der Waals surface area contributed by atoms with Gasteiger partial charge in [-0.2, -0.15) is 5.26 Å². The van der Waals surface area contributed by atoms with E-state index < -0.39 is 0 Å². The second-order valence-corrected chi connectivity index (χ2v) is 5.39. The van der Waals surface area contributed by atoms with Crippen molar-refractivity contribution in [3.8, 4) is 11.8 Å². The Bertz CT molecular complexity index is 713. The SMILES string of the molecule is N#Cc1c(Cl)cccc1OCC(=O)Nc1cccc(Br)c1. The Hall–Kier alpha value is -2.03. The minimum absolute atomic E-state index is 0.207. The van der Waals surface area contributed by atoms with E-state index in [0.29, 0.717) is 10.7 Å². The third kappa shape index (κ3) is 4.22. The van der Waals surface area contributed by atoms with Gasteiger partial charge in [0.2, 0.25) is 0 Å². The molecule has 0 aliphatic heterocycles. The molecule has 0 aromatic heterocycles. The average molecular weight is 366 g/mol. The Kier molecular flexibility index (Phi) is 5.20. The van der Waals surface area contributed by atoms with Gasteiger partial charge in [-0.05, 0) is 30.3 Å². The predicted molar refractivity (Wildman–Crippen MR) is 84.4 cm³/mol. The van der Waals surface area contributed by atoms with Crippen LogP contribution in [0.5, 0.6) is 5.75 Å². The lowest BCUT2D eigenvalue weighted by atomic mass is 10.2. The summed E-state index contributed by atoms with van der Waals surface area (Å²) in [7, 11) is 0. The number of benzene rings is 2. The quantitative estimate of drug-likeness (QED) is 0.891. The van der Waals surface area contributed by atoms with E-state index >= 15 is 0 Å². The highest BCUT2D eigenvalue weighted by atomic mass is 79.9. The third-order valence-corrected chi connectivity index (χ3v) is 3.36. The molecule has 0 unspecified atom stereocenters. The lowest BCUT2D eigenvalue weighted by molar-refractivity contribution is -0.118. The van der Waals surface area contributed by atoms with Gasteiger partial charge in [0.15, 0.2) is 6.61 Å². The first-order chi connectivity index (χ1) is 10.1. The number of halogens is 2. The van der Waals surface area contributed by atoms with Gasteiger partial charge < -0.3 is 10.1 Å². The van der Waals surface area contributed by atoms with E-state index in [0.717, 1.165) is 4.47 Å². The van der Waals surface area contributed by atoms with Crippen LogP contribution in [0.2, 0.25) is 5.02 Å². The summed E-state index contributed by atoms with van der Waals surface area (Å²) < 4.78 is 6.21. The van der Waals surface area contributed by atoms with Crippen LogP contribution in [0.15, 0.2) is 46.9 Å². The average Bonchev–Trinajstić information content (AvgIpc) is 2.45. The fourth-order valence-electron chi connectivity index (χ4n) is 1.64. The maximum absolute atomic E-state index is 11.8. The minimum Gasteiger partial charge on any atom is -0.482 e. The number of hydrogen-bond donors (Lipinski definition) is 1. The molecule has 106 valence electrons. The fraction of sp³-hybridized carbons (Fsp3) is 0.0667. The lowest BCUT2D eigenvalue weighted by Crippen LogP contribution is -2.20. The maximum Gasteiger partial charge on any atom is 0.262 e. The second kappa shape index (κ2) is 7.11. The second-order valence-electron chi connectivity index (χ2n) is 4.07. The number of ether oxygens (including phenoxy) is 1. The van der Waals surface area contributed by atoms with Crippen LogP contribution in [-0.4, -0.2) is 12.5 Å². The minimum atomic E-state index is -0.322. The number of nitriles is 1. The summed E-state index contributed by atoms with van der Waals surface area (Å²) in [5, 5.41) is 12.0. The number of nitrogens with zero attached hydrogens (tertiary/aromatic N) is 1. The number of hydrogen-bond acceptors (Lipinski definition) is 3. The zero-order chi connectivity index (χ0) is 15.2. The first kappa shape index (κ1) is 15.4. The topological polar surface area (TPSA) is 62.1 Å². The molecule has 0 heterocycles. The van der Waals surface area contributed by atoms with Crippen LogP contribution in [0, 0.1) is 11.3 Å². The Labute approximate surface area is 135 Å². The molecule has 0 aliphatic carbocycles. The number of amides is 1. The summed E-state index contributed by atoms with van der Waals surface area (Å²) in [6.45, 7) is -0.207. The molecule has 0 atom stereocenters. The summed E-state index contributed by atoms with van der Waals surface area (Å²) in [4.78, 5) is 11.8. The molecule has 2 aromatic carbocycles. The smallest absolute Gasteiger partial charge is 0.262 e. The molecule has 0 aliphatic rings. The van der Waals surface area contributed by atoms with Crippen molar-refractivity contribution >= 4 is 39.1 Å². The van der Waals surface area contributed by atoms with Gasteiger partial charge in [-0.15, -0.1) is 0 Å². The molecular formula is C15H10BrClN2O2. The van der Waals surface area contributed by atoms with Crippen LogP contribution in [-0.2, 0) is 4.79 Å². The first-order valence-electron chi connectivity index (χ1n) is 5.97. The van der Waals surface area contributed by atoms with Crippen molar-refractivity contribution in [2.45, 2.75) is 0 Å². The van der Waals surface area contributed by atoms with E-state index in [1.807, 2.05) is 18.2 Å². The van der Waals surface area contributed by atoms with Crippen LogP contribution >= 0.6 is 27.5 Å². The standard InChI is InChI=1S/C15H10BrClN2O2/c16-10-3-1-4-11(7-10)19-15(20)9-21-14-6-2-5-13(17)12(14)8-18/h1-7H,9H2,(H,19,20). The number of carbonyl (C=O) groups excluding carboxylic acids is 1. The van der Waals surface area contributed by atoms with E-state index in [9.17, 15) is 4.79 Å². The van der Waals surface area contributed by atoms with E-state index in [-0.39, 0.29) is 23.8 Å². The van der Waals surface area contributed by atoms with Crippen LogP contribution in [0.3, 0.4) is 0 Å². The number of carbonyl (C=O) groups is 1. The fourth-order valence-corrected chi connectivity index (χ4v) is 2.25. The molecule has 0 spiro atoms. The summed E-state index contributed by atoms with van der Waals surface area (Å²) in [5.74, 6) is -0.0358. The van der Waals surface area contributed by atoms with E-state index in [1.165, 1.54) is 0 Å². The van der Waals surface area contributed by atoms with Crippen LogP contribution in [0.25, 0.3) is 0 Å². The highest BCUT2D eigenvalue weighted by Crippen LogP contribution is 2.25. The van der Waals surface area contributed by atoms with Crippen LogP contribution < -0.4 is 10.1 Å². The summed E-state index contributed by atoms with van der Waals surface area (Å²) in [5.41, 5.74) is 0.874. The van der Waals surface area contributed by atoms with Crippen molar-refractivity contribution in [3.05, 3.63) is 57.5 Å². The van der Waals surface area contributed by atoms with Gasteiger partial charge in [-0.3, -0.25) is 4.79 Å². The molecule has 1 N–H and O–H groups in total. The molecule has 2 aromatic rings. The van der Waals surface area contributed by atoms with Gasteiger partial charge in [-0.25, -0.2) is 0 Å². The van der Waals surface area contributed by atoms with Crippen molar-refractivity contribution in [3.63, 3.8) is 0 Å². The largest absolute Gasteiger partial charge is 0.482 e. The molecule has 0 bridgehead atoms. The number of nitrogens with one attached hydrogen (secondary N) is 1. The van der Waals surface area contributed by atoms with Crippen molar-refractivity contribution in [2.75, 3.05) is 11.9 Å². The first-order valence-corrected chi connectivity index (χ1v) is 7.14. The zero-order valence-corrected chi connectivity index (χ0v) is 13.1. The number of anilines is 1. The van der Waals surface area contributed by atoms with Crippen molar-refractivity contribution in [1.29, 1.82) is 5.26 Å². The van der Waals surface area contributed by atoms with Gasteiger partial charge >= 0.3 is 0 Å². The molecular weight excluding hydrogens is 356 g/mol. The zero-order valence-electron chi connectivity index (χ0n) is 10.8. The van der Waals surface area contributed by atoms with Gasteiger partial charge in [0.05, 0.1) is 5.02 Å². The molecule has 2 rings (SSSR count). The molecule has 6 heteroatoms. The molecule has 4 nitrogen and oxygen atoms in total. The summed E-state index contributed by atoms with van der Waals surface area (Å²) >= 11 is 9.21.